The summed E-state index contributed by atoms with van der Waals surface area (Å²) in [6.07, 6.45) is 0. The Labute approximate surface area is 182 Å². The molecule has 0 aromatic heterocycles. The van der Waals surface area contributed by atoms with Crippen LogP contribution in [0.3, 0.4) is 0 Å². The van der Waals surface area contributed by atoms with Gasteiger partial charge >= 0.3 is 0 Å². The molecule has 0 radical (unpaired) electrons. The zero-order chi connectivity index (χ0) is 22.2. The first-order chi connectivity index (χ1) is 15.5. The highest BCUT2D eigenvalue weighted by Gasteiger charge is 2.15. The third kappa shape index (κ3) is 3.54. The van der Waals surface area contributed by atoms with Crippen LogP contribution in [0.15, 0.2) is 97.1 Å². The maximum absolute atomic E-state index is 15.0. The summed E-state index contributed by atoms with van der Waals surface area (Å²) < 4.78 is 56.0. The van der Waals surface area contributed by atoms with E-state index in [-0.39, 0.29) is 10.8 Å². The Morgan fingerprint density at radius 3 is 1.69 bits per heavy atom. The lowest BCUT2D eigenvalue weighted by atomic mass is 9.96. The summed E-state index contributed by atoms with van der Waals surface area (Å²) in [5.74, 6) is -4.50. The van der Waals surface area contributed by atoms with Crippen molar-refractivity contribution in [3.8, 4) is 33.4 Å². The van der Waals surface area contributed by atoms with Gasteiger partial charge in [-0.15, -0.1) is 0 Å². The van der Waals surface area contributed by atoms with E-state index in [1.165, 1.54) is 24.3 Å². The Kier molecular flexibility index (Phi) is 4.98. The molecule has 0 aliphatic rings. The van der Waals surface area contributed by atoms with Crippen molar-refractivity contribution in [1.82, 2.24) is 0 Å². The predicted molar refractivity (Wildman–Crippen MR) is 120 cm³/mol. The molecule has 0 aliphatic heterocycles. The summed E-state index contributed by atoms with van der Waals surface area (Å²) in [5, 5.41) is 0.113. The first-order valence-electron chi connectivity index (χ1n) is 10.0. The summed E-state index contributed by atoms with van der Waals surface area (Å²) in [6, 6.07) is 27.9. The molecule has 0 atom stereocenters. The van der Waals surface area contributed by atoms with Crippen LogP contribution in [0.2, 0.25) is 0 Å². The topological polar surface area (TPSA) is 0 Å². The van der Waals surface area contributed by atoms with E-state index in [9.17, 15) is 17.6 Å². The predicted octanol–water partition coefficient (Wildman–Crippen LogP) is 8.40. The Balaban J connectivity index is 1.49. The highest BCUT2D eigenvalue weighted by atomic mass is 19.2. The molecule has 0 spiro atoms. The van der Waals surface area contributed by atoms with Crippen LogP contribution in [-0.2, 0) is 0 Å². The summed E-state index contributed by atoms with van der Waals surface area (Å²) in [6.45, 7) is 0. The summed E-state index contributed by atoms with van der Waals surface area (Å²) in [5.41, 5.74) is 4.50. The second kappa shape index (κ2) is 7.97. The van der Waals surface area contributed by atoms with Gasteiger partial charge in [-0.3, -0.25) is 0 Å². The molecule has 5 aromatic carbocycles. The summed E-state index contributed by atoms with van der Waals surface area (Å²) in [4.78, 5) is 0. The highest BCUT2D eigenvalue weighted by Crippen LogP contribution is 2.32. The van der Waals surface area contributed by atoms with Crippen LogP contribution in [0.1, 0.15) is 0 Å². The molecule has 5 aromatic rings. The molecule has 0 bridgehead atoms. The minimum absolute atomic E-state index is 0.0526. The molecule has 0 heterocycles. The van der Waals surface area contributed by atoms with Crippen molar-refractivity contribution in [3.05, 3.63) is 120 Å². The molecule has 0 unspecified atom stereocenters. The minimum Gasteiger partial charge on any atom is -0.206 e. The molecule has 156 valence electrons. The van der Waals surface area contributed by atoms with E-state index in [0.29, 0.717) is 16.7 Å². The van der Waals surface area contributed by atoms with E-state index in [4.69, 9.17) is 0 Å². The summed E-state index contributed by atoms with van der Waals surface area (Å²) >= 11 is 0. The number of hydrogen-bond acceptors (Lipinski definition) is 0. The smallest absolute Gasteiger partial charge is 0.195 e. The van der Waals surface area contributed by atoms with Crippen molar-refractivity contribution in [1.29, 1.82) is 0 Å². The van der Waals surface area contributed by atoms with Gasteiger partial charge in [0.05, 0.1) is 0 Å². The van der Waals surface area contributed by atoms with Gasteiger partial charge in [-0.1, -0.05) is 78.9 Å². The quantitative estimate of drug-likeness (QED) is 0.200. The van der Waals surface area contributed by atoms with Gasteiger partial charge in [-0.2, -0.15) is 0 Å². The van der Waals surface area contributed by atoms with Crippen molar-refractivity contribution < 1.29 is 17.6 Å². The number of hydrogen-bond donors (Lipinski definition) is 0. The van der Waals surface area contributed by atoms with Gasteiger partial charge < -0.3 is 0 Å². The molecule has 32 heavy (non-hydrogen) atoms. The number of rotatable bonds is 3. The average molecular weight is 428 g/mol. The first-order valence-corrected chi connectivity index (χ1v) is 10.0. The molecule has 0 nitrogen and oxygen atoms in total. The lowest BCUT2D eigenvalue weighted by molar-refractivity contribution is 0.453. The lowest BCUT2D eigenvalue weighted by Crippen LogP contribution is -1.93. The second-order valence-electron chi connectivity index (χ2n) is 7.56. The van der Waals surface area contributed by atoms with Crippen molar-refractivity contribution >= 4 is 10.8 Å². The van der Waals surface area contributed by atoms with Crippen molar-refractivity contribution in [3.63, 3.8) is 0 Å². The van der Waals surface area contributed by atoms with Gasteiger partial charge in [0.25, 0.3) is 0 Å². The fourth-order valence-electron chi connectivity index (χ4n) is 3.89. The van der Waals surface area contributed by atoms with E-state index >= 15 is 0 Å². The zero-order valence-corrected chi connectivity index (χ0v) is 16.7. The molecular weight excluding hydrogens is 412 g/mol. The highest BCUT2D eigenvalue weighted by molar-refractivity contribution is 5.88. The van der Waals surface area contributed by atoms with Gasteiger partial charge in [0.15, 0.2) is 17.5 Å². The molecule has 0 saturated carbocycles. The minimum atomic E-state index is -1.51. The van der Waals surface area contributed by atoms with Crippen LogP contribution in [-0.4, -0.2) is 0 Å². The number of benzene rings is 5. The van der Waals surface area contributed by atoms with Crippen molar-refractivity contribution in [2.24, 2.45) is 0 Å². The monoisotopic (exact) mass is 428 g/mol. The molecule has 5 rings (SSSR count). The van der Waals surface area contributed by atoms with Crippen molar-refractivity contribution in [2.75, 3.05) is 0 Å². The second-order valence-corrected chi connectivity index (χ2v) is 7.56. The summed E-state index contributed by atoms with van der Waals surface area (Å²) in [7, 11) is 0. The van der Waals surface area contributed by atoms with Gasteiger partial charge in [-0.05, 0) is 51.4 Å². The maximum Gasteiger partial charge on any atom is 0.195 e. The fraction of sp³-hybridized carbons (Fsp3) is 0. The third-order valence-corrected chi connectivity index (χ3v) is 5.58. The number of halogens is 4. The van der Waals surface area contributed by atoms with E-state index in [1.54, 1.807) is 12.1 Å². The van der Waals surface area contributed by atoms with E-state index in [1.807, 2.05) is 54.6 Å². The fourth-order valence-corrected chi connectivity index (χ4v) is 3.89. The standard InChI is InChI=1S/C28H16F4/c29-25-15-20(19-8-6-18(7-9-19)17-4-2-1-3-5-17)10-12-23(25)21-11-13-24-22(14-21)16-26(30)28(32)27(24)31/h1-16H. The van der Waals surface area contributed by atoms with Crippen LogP contribution in [0.4, 0.5) is 17.6 Å². The van der Waals surface area contributed by atoms with Crippen LogP contribution >= 0.6 is 0 Å². The molecule has 0 saturated heterocycles. The van der Waals surface area contributed by atoms with E-state index in [2.05, 4.69) is 0 Å². The van der Waals surface area contributed by atoms with Crippen molar-refractivity contribution in [2.45, 2.75) is 0 Å². The normalized spacial score (nSPS) is 11.1. The molecule has 0 fully saturated rings. The van der Waals surface area contributed by atoms with Crippen LogP contribution < -0.4 is 0 Å². The largest absolute Gasteiger partial charge is 0.206 e. The maximum atomic E-state index is 15.0. The van der Waals surface area contributed by atoms with E-state index < -0.39 is 23.3 Å². The van der Waals surface area contributed by atoms with E-state index in [0.717, 1.165) is 22.8 Å². The third-order valence-electron chi connectivity index (χ3n) is 5.58. The first kappa shape index (κ1) is 20.0. The average Bonchev–Trinajstić information content (AvgIpc) is 2.83. The number of fused-ring (bicyclic) bond motifs is 1. The molecule has 4 heteroatoms. The molecule has 0 amide bonds. The van der Waals surface area contributed by atoms with Crippen LogP contribution in [0.25, 0.3) is 44.2 Å². The lowest BCUT2D eigenvalue weighted by Gasteiger charge is -2.10. The molecular formula is C28H16F4. The van der Waals surface area contributed by atoms with Crippen LogP contribution in [0, 0.1) is 23.3 Å². The SMILES string of the molecule is Fc1cc(-c2ccc(-c3ccccc3)cc2)ccc1-c1ccc2c(F)c(F)c(F)cc2c1. The zero-order valence-electron chi connectivity index (χ0n) is 16.7. The van der Waals surface area contributed by atoms with Gasteiger partial charge in [0.2, 0.25) is 0 Å². The Morgan fingerprint density at radius 2 is 1.00 bits per heavy atom. The van der Waals surface area contributed by atoms with Crippen LogP contribution in [0.5, 0.6) is 0 Å². The molecule has 0 aliphatic carbocycles. The molecule has 0 N–H and O–H groups in total. The van der Waals surface area contributed by atoms with Gasteiger partial charge in [0, 0.05) is 10.9 Å². The van der Waals surface area contributed by atoms with Gasteiger partial charge in [-0.25, -0.2) is 17.6 Å². The Bertz CT molecular complexity index is 1440. The Hall–Kier alpha value is -3.92. The van der Waals surface area contributed by atoms with Gasteiger partial charge in [0.1, 0.15) is 5.82 Å². The Morgan fingerprint density at radius 1 is 0.406 bits per heavy atom.